The van der Waals surface area contributed by atoms with Crippen LogP contribution in [0.15, 0.2) is 53.7 Å². The molecular formula is C20H21N5O2S. The molecule has 1 aromatic heterocycles. The summed E-state index contributed by atoms with van der Waals surface area (Å²) in [5.74, 6) is -0.709. The molecule has 28 heavy (non-hydrogen) atoms. The van der Waals surface area contributed by atoms with E-state index in [4.69, 9.17) is 0 Å². The van der Waals surface area contributed by atoms with Gasteiger partial charge in [-0.25, -0.2) is 0 Å². The van der Waals surface area contributed by atoms with Crippen molar-refractivity contribution in [3.05, 3.63) is 65.2 Å². The number of nitrogens with one attached hydrogen (secondary N) is 1. The van der Waals surface area contributed by atoms with Crippen molar-refractivity contribution in [2.75, 3.05) is 0 Å². The van der Waals surface area contributed by atoms with Crippen LogP contribution in [-0.4, -0.2) is 32.0 Å². The van der Waals surface area contributed by atoms with Gasteiger partial charge in [-0.15, -0.1) is 5.10 Å². The summed E-state index contributed by atoms with van der Waals surface area (Å²) in [4.78, 5) is 24.5. The maximum atomic E-state index is 12.8. The summed E-state index contributed by atoms with van der Waals surface area (Å²) >= 11 is 1.21. The molecule has 0 fully saturated rings. The number of imide groups is 1. The van der Waals surface area contributed by atoms with Crippen molar-refractivity contribution in [1.29, 1.82) is 0 Å². The first-order valence-electron chi connectivity index (χ1n) is 8.91. The van der Waals surface area contributed by atoms with Crippen molar-refractivity contribution in [3.63, 3.8) is 0 Å². The predicted octanol–water partition coefficient (Wildman–Crippen LogP) is 3.17. The van der Waals surface area contributed by atoms with Crippen molar-refractivity contribution < 1.29 is 9.59 Å². The first kappa shape index (κ1) is 19.8. The summed E-state index contributed by atoms with van der Waals surface area (Å²) in [6, 6.07) is 15.3. The Morgan fingerprint density at radius 3 is 2.61 bits per heavy atom. The third-order valence-electron chi connectivity index (χ3n) is 4.18. The Hall–Kier alpha value is -3.00. The molecule has 8 heteroatoms. The molecule has 0 bridgehead atoms. The van der Waals surface area contributed by atoms with Crippen LogP contribution in [0.2, 0.25) is 0 Å². The fraction of sp³-hybridized carbons (Fsp3) is 0.250. The molecule has 3 aromatic rings. The first-order chi connectivity index (χ1) is 13.5. The number of carbonyl (C=O) groups is 2. The van der Waals surface area contributed by atoms with Crippen molar-refractivity contribution in [3.8, 4) is 5.69 Å². The fourth-order valence-electron chi connectivity index (χ4n) is 2.65. The molecule has 1 heterocycles. The van der Waals surface area contributed by atoms with Crippen LogP contribution < -0.4 is 5.32 Å². The van der Waals surface area contributed by atoms with Gasteiger partial charge in [0.1, 0.15) is 5.25 Å². The molecule has 0 aliphatic heterocycles. The lowest BCUT2D eigenvalue weighted by molar-refractivity contribution is -0.130. The zero-order valence-electron chi connectivity index (χ0n) is 15.9. The highest BCUT2D eigenvalue weighted by Gasteiger charge is 2.26. The van der Waals surface area contributed by atoms with Gasteiger partial charge in [0.2, 0.25) is 17.0 Å². The average Bonchev–Trinajstić information content (AvgIpc) is 3.16. The SMILES string of the molecule is CCC(=O)NC(=O)C(Sc1nnnn1-c1cc(C)ccc1C)c1ccccc1. The first-order valence-corrected chi connectivity index (χ1v) is 9.79. The van der Waals surface area contributed by atoms with Crippen LogP contribution in [0.3, 0.4) is 0 Å². The quantitative estimate of drug-likeness (QED) is 0.645. The van der Waals surface area contributed by atoms with E-state index in [-0.39, 0.29) is 12.3 Å². The van der Waals surface area contributed by atoms with E-state index in [0.29, 0.717) is 5.16 Å². The van der Waals surface area contributed by atoms with Crippen LogP contribution in [0.5, 0.6) is 0 Å². The molecule has 144 valence electrons. The van der Waals surface area contributed by atoms with Gasteiger partial charge >= 0.3 is 0 Å². The Bertz CT molecular complexity index is 987. The highest BCUT2D eigenvalue weighted by atomic mass is 32.2. The van der Waals surface area contributed by atoms with Crippen molar-refractivity contribution in [1.82, 2.24) is 25.5 Å². The van der Waals surface area contributed by atoms with Gasteiger partial charge in [-0.3, -0.25) is 14.9 Å². The van der Waals surface area contributed by atoms with Gasteiger partial charge < -0.3 is 0 Å². The minimum atomic E-state index is -0.661. The Morgan fingerprint density at radius 1 is 1.14 bits per heavy atom. The predicted molar refractivity (Wildman–Crippen MR) is 107 cm³/mol. The number of amides is 2. The molecule has 1 atom stereocenters. The number of hydrogen-bond acceptors (Lipinski definition) is 6. The Labute approximate surface area is 167 Å². The average molecular weight is 395 g/mol. The monoisotopic (exact) mass is 395 g/mol. The summed E-state index contributed by atoms with van der Waals surface area (Å²) in [6.07, 6.45) is 0.234. The number of thioether (sulfide) groups is 1. The van der Waals surface area contributed by atoms with E-state index < -0.39 is 11.2 Å². The Balaban J connectivity index is 1.96. The van der Waals surface area contributed by atoms with Gasteiger partial charge in [-0.05, 0) is 47.0 Å². The summed E-state index contributed by atoms with van der Waals surface area (Å²) in [5, 5.41) is 14.3. The normalized spacial score (nSPS) is 11.8. The third kappa shape index (κ3) is 4.45. The number of aryl methyl sites for hydroxylation is 2. The van der Waals surface area contributed by atoms with Crippen molar-refractivity contribution in [2.45, 2.75) is 37.6 Å². The second-order valence-electron chi connectivity index (χ2n) is 6.34. The highest BCUT2D eigenvalue weighted by molar-refractivity contribution is 8.00. The number of tetrazole rings is 1. The van der Waals surface area contributed by atoms with E-state index in [9.17, 15) is 9.59 Å². The molecule has 1 unspecified atom stereocenters. The van der Waals surface area contributed by atoms with Crippen molar-refractivity contribution in [2.24, 2.45) is 0 Å². The minimum Gasteiger partial charge on any atom is -0.295 e. The highest BCUT2D eigenvalue weighted by Crippen LogP contribution is 2.35. The van der Waals surface area contributed by atoms with Crippen molar-refractivity contribution >= 4 is 23.6 Å². The summed E-state index contributed by atoms with van der Waals surface area (Å²) in [7, 11) is 0. The Morgan fingerprint density at radius 2 is 1.89 bits per heavy atom. The summed E-state index contributed by atoms with van der Waals surface area (Å²) < 4.78 is 1.62. The zero-order valence-corrected chi connectivity index (χ0v) is 16.7. The molecule has 7 nitrogen and oxygen atoms in total. The maximum Gasteiger partial charge on any atom is 0.244 e. The number of carbonyl (C=O) groups excluding carboxylic acids is 2. The van der Waals surface area contributed by atoms with E-state index in [1.165, 1.54) is 11.8 Å². The standard InChI is InChI=1S/C20H21N5O2S/c1-4-17(26)21-19(27)18(15-8-6-5-7-9-15)28-20-22-23-24-25(20)16-12-13(2)10-11-14(16)3/h5-12,18H,4H2,1-3H3,(H,21,26,27). The molecule has 0 saturated heterocycles. The fourth-order valence-corrected chi connectivity index (χ4v) is 3.64. The molecular weight excluding hydrogens is 374 g/mol. The molecule has 3 rings (SSSR count). The van der Waals surface area contributed by atoms with Crippen LogP contribution in [0.1, 0.15) is 35.3 Å². The van der Waals surface area contributed by atoms with Gasteiger partial charge in [-0.2, -0.15) is 4.68 Å². The number of rotatable bonds is 6. The van der Waals surface area contributed by atoms with Crippen LogP contribution in [-0.2, 0) is 9.59 Å². The zero-order chi connectivity index (χ0) is 20.1. The molecule has 0 aliphatic rings. The lowest BCUT2D eigenvalue weighted by atomic mass is 10.1. The molecule has 0 aliphatic carbocycles. The van der Waals surface area contributed by atoms with Gasteiger partial charge in [0, 0.05) is 6.42 Å². The third-order valence-corrected chi connectivity index (χ3v) is 5.37. The lowest BCUT2D eigenvalue weighted by Crippen LogP contribution is -2.33. The number of aromatic nitrogens is 4. The Kier molecular flexibility index (Phi) is 6.20. The second kappa shape index (κ2) is 8.79. The molecule has 1 N–H and O–H groups in total. The maximum absolute atomic E-state index is 12.8. The van der Waals surface area contributed by atoms with Gasteiger partial charge in [-0.1, -0.05) is 61.2 Å². The van der Waals surface area contributed by atoms with Crippen LogP contribution in [0.25, 0.3) is 5.69 Å². The van der Waals surface area contributed by atoms with Crippen LogP contribution in [0.4, 0.5) is 0 Å². The van der Waals surface area contributed by atoms with Gasteiger partial charge in [0.05, 0.1) is 5.69 Å². The largest absolute Gasteiger partial charge is 0.295 e. The molecule has 0 radical (unpaired) electrons. The molecule has 0 saturated carbocycles. The second-order valence-corrected chi connectivity index (χ2v) is 7.41. The number of hydrogen-bond donors (Lipinski definition) is 1. The van der Waals surface area contributed by atoms with E-state index in [2.05, 4.69) is 20.8 Å². The van der Waals surface area contributed by atoms with Crippen LogP contribution >= 0.6 is 11.8 Å². The van der Waals surface area contributed by atoms with E-state index >= 15 is 0 Å². The minimum absolute atomic E-state index is 0.234. The summed E-state index contributed by atoms with van der Waals surface area (Å²) in [6.45, 7) is 5.68. The lowest BCUT2D eigenvalue weighted by Gasteiger charge is -2.16. The van der Waals surface area contributed by atoms with Crippen LogP contribution in [0, 0.1) is 13.8 Å². The molecule has 2 amide bonds. The van der Waals surface area contributed by atoms with Gasteiger partial charge in [0.15, 0.2) is 0 Å². The van der Waals surface area contributed by atoms with E-state index in [0.717, 1.165) is 22.4 Å². The molecule has 2 aromatic carbocycles. The molecule has 0 spiro atoms. The van der Waals surface area contributed by atoms with Gasteiger partial charge in [0.25, 0.3) is 0 Å². The topological polar surface area (TPSA) is 89.8 Å². The number of benzene rings is 2. The number of nitrogens with zero attached hydrogens (tertiary/aromatic N) is 4. The summed E-state index contributed by atoms with van der Waals surface area (Å²) in [5.41, 5.74) is 3.72. The van der Waals surface area contributed by atoms with E-state index in [1.807, 2.05) is 62.4 Å². The smallest absolute Gasteiger partial charge is 0.244 e. The van der Waals surface area contributed by atoms with E-state index in [1.54, 1.807) is 11.6 Å².